The van der Waals surface area contributed by atoms with E-state index in [1.165, 1.54) is 6.20 Å². The number of aromatic nitrogens is 1. The molecule has 0 unspecified atom stereocenters. The van der Waals surface area contributed by atoms with Crippen LogP contribution in [0.25, 0.3) is 0 Å². The summed E-state index contributed by atoms with van der Waals surface area (Å²) in [5.74, 6) is -0.149. The van der Waals surface area contributed by atoms with Crippen molar-refractivity contribution in [1.82, 2.24) is 4.98 Å². The second kappa shape index (κ2) is 5.95. The van der Waals surface area contributed by atoms with Crippen LogP contribution in [0.2, 0.25) is 0 Å². The van der Waals surface area contributed by atoms with Crippen LogP contribution < -0.4 is 4.90 Å². The van der Waals surface area contributed by atoms with E-state index >= 15 is 0 Å². The van der Waals surface area contributed by atoms with Gasteiger partial charge >= 0.3 is 0 Å². The quantitative estimate of drug-likeness (QED) is 0.945. The summed E-state index contributed by atoms with van der Waals surface area (Å²) in [7, 11) is 1.71. The van der Waals surface area contributed by atoms with Gasteiger partial charge in [0.25, 0.3) is 5.91 Å². The number of carbonyl (C=O) groups is 1. The lowest BCUT2D eigenvalue weighted by atomic mass is 10.2. The number of aliphatic hydroxyl groups is 1. The zero-order chi connectivity index (χ0) is 13.8. The maximum absolute atomic E-state index is 12.4. The Bertz CT molecular complexity index is 602. The maximum atomic E-state index is 12.4. The van der Waals surface area contributed by atoms with E-state index in [1.807, 2.05) is 24.3 Å². The number of carbonyl (C=O) groups excluding carboxylic acids is 1. The topological polar surface area (TPSA) is 53.4 Å². The molecule has 19 heavy (non-hydrogen) atoms. The van der Waals surface area contributed by atoms with Crippen molar-refractivity contribution < 1.29 is 9.90 Å². The van der Waals surface area contributed by atoms with Crippen molar-refractivity contribution >= 4 is 27.5 Å². The van der Waals surface area contributed by atoms with Gasteiger partial charge in [-0.25, -0.2) is 0 Å². The van der Waals surface area contributed by atoms with Gasteiger partial charge in [0, 0.05) is 23.3 Å². The lowest BCUT2D eigenvalue weighted by Crippen LogP contribution is -2.26. The van der Waals surface area contributed by atoms with E-state index in [4.69, 9.17) is 5.11 Å². The molecule has 2 aromatic rings. The Morgan fingerprint density at radius 1 is 1.37 bits per heavy atom. The molecule has 1 amide bonds. The SMILES string of the molecule is CN(C(=O)c1ccnc(CO)c1)c1ccccc1Br. The highest BCUT2D eigenvalue weighted by molar-refractivity contribution is 9.10. The third kappa shape index (κ3) is 3.00. The maximum Gasteiger partial charge on any atom is 0.258 e. The van der Waals surface area contributed by atoms with Gasteiger partial charge in [0.15, 0.2) is 0 Å². The fraction of sp³-hybridized carbons (Fsp3) is 0.143. The van der Waals surface area contributed by atoms with Gasteiger partial charge in [-0.05, 0) is 40.2 Å². The highest BCUT2D eigenvalue weighted by Gasteiger charge is 2.15. The van der Waals surface area contributed by atoms with Crippen molar-refractivity contribution in [3.8, 4) is 0 Å². The summed E-state index contributed by atoms with van der Waals surface area (Å²) < 4.78 is 0.849. The number of pyridine rings is 1. The highest BCUT2D eigenvalue weighted by Crippen LogP contribution is 2.25. The Labute approximate surface area is 119 Å². The first kappa shape index (κ1) is 13.7. The summed E-state index contributed by atoms with van der Waals surface area (Å²) in [5, 5.41) is 9.05. The highest BCUT2D eigenvalue weighted by atomic mass is 79.9. The number of rotatable bonds is 3. The van der Waals surface area contributed by atoms with Gasteiger partial charge in [0.1, 0.15) is 0 Å². The van der Waals surface area contributed by atoms with Crippen molar-refractivity contribution in [2.45, 2.75) is 6.61 Å². The lowest BCUT2D eigenvalue weighted by Gasteiger charge is -2.19. The van der Waals surface area contributed by atoms with Gasteiger partial charge in [-0.15, -0.1) is 0 Å². The van der Waals surface area contributed by atoms with Crippen LogP contribution in [0.5, 0.6) is 0 Å². The molecule has 0 radical (unpaired) electrons. The molecule has 4 nitrogen and oxygen atoms in total. The fourth-order valence-corrected chi connectivity index (χ4v) is 2.28. The average Bonchev–Trinajstić information content (AvgIpc) is 2.46. The van der Waals surface area contributed by atoms with Crippen LogP contribution in [-0.2, 0) is 6.61 Å². The number of anilines is 1. The molecule has 0 saturated carbocycles. The molecule has 0 aliphatic carbocycles. The standard InChI is InChI=1S/C14H13BrN2O2/c1-17(13-5-3-2-4-12(13)15)14(19)10-6-7-16-11(8-10)9-18/h2-8,18H,9H2,1H3. The zero-order valence-corrected chi connectivity index (χ0v) is 12.0. The second-order valence-electron chi connectivity index (χ2n) is 4.01. The molecule has 2 rings (SSSR count). The molecule has 0 spiro atoms. The average molecular weight is 321 g/mol. The second-order valence-corrected chi connectivity index (χ2v) is 4.86. The minimum Gasteiger partial charge on any atom is -0.390 e. The monoisotopic (exact) mass is 320 g/mol. The van der Waals surface area contributed by atoms with E-state index < -0.39 is 0 Å². The summed E-state index contributed by atoms with van der Waals surface area (Å²) in [5.41, 5.74) is 1.76. The molecular weight excluding hydrogens is 308 g/mol. The van der Waals surface area contributed by atoms with E-state index in [0.29, 0.717) is 11.3 Å². The van der Waals surface area contributed by atoms with E-state index in [0.717, 1.165) is 10.2 Å². The van der Waals surface area contributed by atoms with Crippen LogP contribution in [0.3, 0.4) is 0 Å². The summed E-state index contributed by atoms with van der Waals surface area (Å²) in [6.07, 6.45) is 1.52. The molecule has 0 atom stereocenters. The largest absolute Gasteiger partial charge is 0.390 e. The van der Waals surface area contributed by atoms with E-state index in [1.54, 1.807) is 24.1 Å². The lowest BCUT2D eigenvalue weighted by molar-refractivity contribution is 0.0992. The Morgan fingerprint density at radius 3 is 2.79 bits per heavy atom. The molecule has 1 N–H and O–H groups in total. The molecule has 0 bridgehead atoms. The third-order valence-corrected chi connectivity index (χ3v) is 3.41. The molecular formula is C14H13BrN2O2. The molecule has 98 valence electrons. The predicted octanol–water partition coefficient (Wildman–Crippen LogP) is 2.61. The molecule has 0 aliphatic rings. The summed E-state index contributed by atoms with van der Waals surface area (Å²) in [6.45, 7) is -0.181. The minimum atomic E-state index is -0.181. The van der Waals surface area contributed by atoms with Gasteiger partial charge < -0.3 is 10.0 Å². The first-order valence-electron chi connectivity index (χ1n) is 5.72. The Kier molecular flexibility index (Phi) is 4.29. The summed E-state index contributed by atoms with van der Waals surface area (Å²) in [6, 6.07) is 10.7. The van der Waals surface area contributed by atoms with Crippen LogP contribution in [0.4, 0.5) is 5.69 Å². The van der Waals surface area contributed by atoms with Crippen LogP contribution in [-0.4, -0.2) is 23.0 Å². The first-order valence-corrected chi connectivity index (χ1v) is 6.51. The molecule has 1 heterocycles. The third-order valence-electron chi connectivity index (χ3n) is 2.74. The van der Waals surface area contributed by atoms with Gasteiger partial charge in [-0.1, -0.05) is 12.1 Å². The Hall–Kier alpha value is -1.72. The van der Waals surface area contributed by atoms with Crippen molar-refractivity contribution in [2.24, 2.45) is 0 Å². The van der Waals surface area contributed by atoms with Crippen LogP contribution in [0.1, 0.15) is 16.1 Å². The van der Waals surface area contributed by atoms with Crippen molar-refractivity contribution in [1.29, 1.82) is 0 Å². The number of nitrogens with zero attached hydrogens (tertiary/aromatic N) is 2. The molecule has 5 heteroatoms. The number of para-hydroxylation sites is 1. The number of halogens is 1. The zero-order valence-electron chi connectivity index (χ0n) is 10.4. The van der Waals surface area contributed by atoms with Gasteiger partial charge in [-0.3, -0.25) is 9.78 Å². The Morgan fingerprint density at radius 2 is 2.11 bits per heavy atom. The molecule has 0 fully saturated rings. The van der Waals surface area contributed by atoms with E-state index in [9.17, 15) is 4.79 Å². The van der Waals surface area contributed by atoms with Crippen LogP contribution in [0, 0.1) is 0 Å². The summed E-state index contributed by atoms with van der Waals surface area (Å²) in [4.78, 5) is 17.9. The van der Waals surface area contributed by atoms with E-state index in [-0.39, 0.29) is 12.5 Å². The number of amides is 1. The fourth-order valence-electron chi connectivity index (χ4n) is 1.72. The number of hydrogen-bond acceptors (Lipinski definition) is 3. The molecule has 1 aromatic carbocycles. The Balaban J connectivity index is 2.31. The predicted molar refractivity (Wildman–Crippen MR) is 77.0 cm³/mol. The molecule has 0 aliphatic heterocycles. The number of benzene rings is 1. The van der Waals surface area contributed by atoms with Gasteiger partial charge in [0.2, 0.25) is 0 Å². The van der Waals surface area contributed by atoms with Crippen LogP contribution >= 0.6 is 15.9 Å². The van der Waals surface area contributed by atoms with Crippen LogP contribution in [0.15, 0.2) is 47.1 Å². The minimum absolute atomic E-state index is 0.149. The number of aliphatic hydroxyl groups excluding tert-OH is 1. The number of hydrogen-bond donors (Lipinski definition) is 1. The molecule has 0 saturated heterocycles. The van der Waals surface area contributed by atoms with Crippen molar-refractivity contribution in [2.75, 3.05) is 11.9 Å². The van der Waals surface area contributed by atoms with Crippen molar-refractivity contribution in [3.05, 3.63) is 58.3 Å². The summed E-state index contributed by atoms with van der Waals surface area (Å²) >= 11 is 3.42. The van der Waals surface area contributed by atoms with E-state index in [2.05, 4.69) is 20.9 Å². The smallest absolute Gasteiger partial charge is 0.258 e. The van der Waals surface area contributed by atoms with Gasteiger partial charge in [-0.2, -0.15) is 0 Å². The van der Waals surface area contributed by atoms with Gasteiger partial charge in [0.05, 0.1) is 18.0 Å². The molecule has 1 aromatic heterocycles. The normalized spacial score (nSPS) is 10.3. The van der Waals surface area contributed by atoms with Crippen molar-refractivity contribution in [3.63, 3.8) is 0 Å². The first-order chi connectivity index (χ1) is 9.13.